The highest BCUT2D eigenvalue weighted by atomic mass is 35.5. The van der Waals surface area contributed by atoms with Crippen molar-refractivity contribution in [1.82, 2.24) is 0 Å². The summed E-state index contributed by atoms with van der Waals surface area (Å²) in [5.74, 6) is 1.14. The number of hydrogen-bond donors (Lipinski definition) is 2. The largest absolute Gasteiger partial charge is 0.497 e. The van der Waals surface area contributed by atoms with Crippen molar-refractivity contribution in [3.8, 4) is 5.75 Å². The fourth-order valence-corrected chi connectivity index (χ4v) is 1.90. The van der Waals surface area contributed by atoms with Crippen molar-refractivity contribution >= 4 is 11.6 Å². The monoisotopic (exact) mass is 242 g/mol. The van der Waals surface area contributed by atoms with Crippen molar-refractivity contribution in [1.29, 1.82) is 0 Å². The molecule has 0 spiro atoms. The molecule has 0 aliphatic heterocycles. The molecule has 0 aliphatic carbocycles. The predicted octanol–water partition coefficient (Wildman–Crippen LogP) is 2.33. The third kappa shape index (κ3) is 3.37. The SMILES string of the molecule is COc1ccc(C(N)CC(C)CN)c(Cl)c1. The Kier molecular flexibility index (Phi) is 5.06. The minimum Gasteiger partial charge on any atom is -0.497 e. The molecule has 1 aromatic rings. The Morgan fingerprint density at radius 1 is 1.44 bits per heavy atom. The van der Waals surface area contributed by atoms with Gasteiger partial charge in [0, 0.05) is 11.1 Å². The van der Waals surface area contributed by atoms with Crippen molar-refractivity contribution in [2.75, 3.05) is 13.7 Å². The summed E-state index contributed by atoms with van der Waals surface area (Å²) in [6.45, 7) is 2.72. The lowest BCUT2D eigenvalue weighted by Gasteiger charge is -2.17. The number of nitrogens with two attached hydrogens (primary N) is 2. The minimum atomic E-state index is -0.0723. The molecule has 2 unspecified atom stereocenters. The van der Waals surface area contributed by atoms with Crippen LogP contribution in [-0.4, -0.2) is 13.7 Å². The predicted molar refractivity (Wildman–Crippen MR) is 67.8 cm³/mol. The molecule has 0 amide bonds. The average Bonchev–Trinajstić information content (AvgIpc) is 2.28. The van der Waals surface area contributed by atoms with E-state index < -0.39 is 0 Å². The quantitative estimate of drug-likeness (QED) is 0.833. The smallest absolute Gasteiger partial charge is 0.120 e. The Hall–Kier alpha value is -0.770. The molecule has 0 aliphatic rings. The average molecular weight is 243 g/mol. The van der Waals surface area contributed by atoms with Gasteiger partial charge in [0.25, 0.3) is 0 Å². The van der Waals surface area contributed by atoms with Crippen molar-refractivity contribution < 1.29 is 4.74 Å². The van der Waals surface area contributed by atoms with Crippen LogP contribution in [0.4, 0.5) is 0 Å². The van der Waals surface area contributed by atoms with Crippen LogP contribution in [-0.2, 0) is 0 Å². The zero-order valence-corrected chi connectivity index (χ0v) is 10.5. The van der Waals surface area contributed by atoms with E-state index in [9.17, 15) is 0 Å². The summed E-state index contributed by atoms with van der Waals surface area (Å²) >= 11 is 6.14. The van der Waals surface area contributed by atoms with Gasteiger partial charge in [-0.25, -0.2) is 0 Å². The molecule has 1 rings (SSSR count). The van der Waals surface area contributed by atoms with E-state index in [4.69, 9.17) is 27.8 Å². The second-order valence-electron chi connectivity index (χ2n) is 4.07. The molecular formula is C12H19ClN2O. The van der Waals surface area contributed by atoms with E-state index in [1.807, 2.05) is 12.1 Å². The number of ether oxygens (including phenoxy) is 1. The number of hydrogen-bond acceptors (Lipinski definition) is 3. The van der Waals surface area contributed by atoms with E-state index >= 15 is 0 Å². The molecule has 0 heterocycles. The number of halogens is 1. The van der Waals surface area contributed by atoms with Crippen molar-refractivity contribution in [2.24, 2.45) is 17.4 Å². The highest BCUT2D eigenvalue weighted by Gasteiger charge is 2.13. The topological polar surface area (TPSA) is 61.3 Å². The lowest BCUT2D eigenvalue weighted by molar-refractivity contribution is 0.414. The maximum atomic E-state index is 6.14. The summed E-state index contributed by atoms with van der Waals surface area (Å²) in [6, 6.07) is 5.49. The third-order valence-corrected chi connectivity index (χ3v) is 2.99. The fraction of sp³-hybridized carbons (Fsp3) is 0.500. The highest BCUT2D eigenvalue weighted by molar-refractivity contribution is 6.31. The Morgan fingerprint density at radius 2 is 2.12 bits per heavy atom. The van der Waals surface area contributed by atoms with Gasteiger partial charge in [-0.1, -0.05) is 24.6 Å². The molecule has 1 aromatic carbocycles. The number of benzene rings is 1. The van der Waals surface area contributed by atoms with Gasteiger partial charge in [0.2, 0.25) is 0 Å². The first-order chi connectivity index (χ1) is 7.58. The van der Waals surface area contributed by atoms with Gasteiger partial charge in [0.1, 0.15) is 5.75 Å². The minimum absolute atomic E-state index is 0.0723. The van der Waals surface area contributed by atoms with Gasteiger partial charge >= 0.3 is 0 Å². The Bertz CT molecular complexity index is 344. The summed E-state index contributed by atoms with van der Waals surface area (Å²) in [5.41, 5.74) is 12.6. The van der Waals surface area contributed by atoms with Gasteiger partial charge in [0.15, 0.2) is 0 Å². The summed E-state index contributed by atoms with van der Waals surface area (Å²) in [4.78, 5) is 0. The molecule has 16 heavy (non-hydrogen) atoms. The van der Waals surface area contributed by atoms with Crippen LogP contribution in [0, 0.1) is 5.92 Å². The summed E-state index contributed by atoms with van der Waals surface area (Å²) < 4.78 is 5.09. The Morgan fingerprint density at radius 3 is 2.62 bits per heavy atom. The molecule has 0 saturated carbocycles. The molecule has 0 aromatic heterocycles. The first kappa shape index (κ1) is 13.3. The molecule has 0 fully saturated rings. The van der Waals surface area contributed by atoms with Gasteiger partial charge < -0.3 is 16.2 Å². The summed E-state index contributed by atoms with van der Waals surface area (Å²) in [6.07, 6.45) is 0.836. The van der Waals surface area contributed by atoms with E-state index in [0.717, 1.165) is 17.7 Å². The zero-order valence-electron chi connectivity index (χ0n) is 9.74. The van der Waals surface area contributed by atoms with Gasteiger partial charge in [-0.3, -0.25) is 0 Å². The van der Waals surface area contributed by atoms with Crippen LogP contribution in [0.3, 0.4) is 0 Å². The maximum Gasteiger partial charge on any atom is 0.120 e. The van der Waals surface area contributed by atoms with Crippen molar-refractivity contribution in [2.45, 2.75) is 19.4 Å². The highest BCUT2D eigenvalue weighted by Crippen LogP contribution is 2.29. The lowest BCUT2D eigenvalue weighted by atomic mass is 9.96. The Labute approximate surface area is 102 Å². The van der Waals surface area contributed by atoms with E-state index in [-0.39, 0.29) is 6.04 Å². The summed E-state index contributed by atoms with van der Waals surface area (Å²) in [7, 11) is 1.61. The molecule has 0 radical (unpaired) electrons. The standard InChI is InChI=1S/C12H19ClN2O/c1-8(7-14)5-12(15)10-4-3-9(16-2)6-11(10)13/h3-4,6,8,12H,5,7,14-15H2,1-2H3. The van der Waals surface area contributed by atoms with E-state index in [1.54, 1.807) is 13.2 Å². The van der Waals surface area contributed by atoms with Crippen LogP contribution >= 0.6 is 11.6 Å². The second kappa shape index (κ2) is 6.09. The molecule has 3 nitrogen and oxygen atoms in total. The van der Waals surface area contributed by atoms with Crippen LogP contribution < -0.4 is 16.2 Å². The molecule has 90 valence electrons. The van der Waals surface area contributed by atoms with Gasteiger partial charge in [-0.2, -0.15) is 0 Å². The van der Waals surface area contributed by atoms with Gasteiger partial charge in [-0.15, -0.1) is 0 Å². The molecule has 0 bridgehead atoms. The fourth-order valence-electron chi connectivity index (χ4n) is 1.59. The third-order valence-electron chi connectivity index (χ3n) is 2.67. The Balaban J connectivity index is 2.79. The van der Waals surface area contributed by atoms with Crippen LogP contribution in [0.25, 0.3) is 0 Å². The van der Waals surface area contributed by atoms with Crippen LogP contribution in [0.1, 0.15) is 24.9 Å². The molecular weight excluding hydrogens is 224 g/mol. The number of methoxy groups -OCH3 is 1. The molecule has 4 N–H and O–H groups in total. The van der Waals surface area contributed by atoms with Gasteiger partial charge in [0.05, 0.1) is 7.11 Å². The zero-order chi connectivity index (χ0) is 12.1. The van der Waals surface area contributed by atoms with Crippen LogP contribution in [0.2, 0.25) is 5.02 Å². The van der Waals surface area contributed by atoms with E-state index in [2.05, 4.69) is 6.92 Å². The lowest BCUT2D eigenvalue weighted by Crippen LogP contribution is -2.19. The number of rotatable bonds is 5. The van der Waals surface area contributed by atoms with E-state index in [0.29, 0.717) is 17.5 Å². The van der Waals surface area contributed by atoms with Crippen molar-refractivity contribution in [3.63, 3.8) is 0 Å². The van der Waals surface area contributed by atoms with Crippen molar-refractivity contribution in [3.05, 3.63) is 28.8 Å². The molecule has 2 atom stereocenters. The van der Waals surface area contributed by atoms with Crippen LogP contribution in [0.5, 0.6) is 5.75 Å². The second-order valence-corrected chi connectivity index (χ2v) is 4.48. The molecule has 0 saturated heterocycles. The van der Waals surface area contributed by atoms with Crippen LogP contribution in [0.15, 0.2) is 18.2 Å². The van der Waals surface area contributed by atoms with Gasteiger partial charge in [-0.05, 0) is 36.6 Å². The first-order valence-corrected chi connectivity index (χ1v) is 5.75. The maximum absolute atomic E-state index is 6.14. The van der Waals surface area contributed by atoms with E-state index in [1.165, 1.54) is 0 Å². The normalized spacial score (nSPS) is 14.6. The summed E-state index contributed by atoms with van der Waals surface area (Å²) in [5, 5.41) is 0.649. The first-order valence-electron chi connectivity index (χ1n) is 5.37. The molecule has 4 heteroatoms.